The van der Waals surface area contributed by atoms with Gasteiger partial charge in [0.15, 0.2) is 5.78 Å². The first-order valence-electron chi connectivity index (χ1n) is 9.31. The van der Waals surface area contributed by atoms with Crippen molar-refractivity contribution < 1.29 is 14.3 Å². The number of hydrogen-bond donors (Lipinski definition) is 0. The average Bonchev–Trinajstić information content (AvgIpc) is 2.74. The van der Waals surface area contributed by atoms with Crippen molar-refractivity contribution in [3.05, 3.63) is 102 Å². The number of benzene rings is 3. The SMILES string of the molecule is CCOC(=O)CN(Cc1cccc(C(=O)c2ccccc2)c1)c1ccccc1. The number of carbonyl (C=O) groups excluding carboxylic acids is 2. The molecule has 0 radical (unpaired) electrons. The zero-order valence-corrected chi connectivity index (χ0v) is 15.9. The van der Waals surface area contributed by atoms with Gasteiger partial charge in [0, 0.05) is 23.4 Å². The third-order valence-corrected chi connectivity index (χ3v) is 4.35. The summed E-state index contributed by atoms with van der Waals surface area (Å²) in [4.78, 5) is 26.7. The van der Waals surface area contributed by atoms with Crippen LogP contribution in [0.2, 0.25) is 0 Å². The lowest BCUT2D eigenvalue weighted by Gasteiger charge is -2.24. The Bertz CT molecular complexity index is 923. The number of rotatable bonds is 8. The number of anilines is 1. The molecule has 0 N–H and O–H groups in total. The van der Waals surface area contributed by atoms with Crippen molar-refractivity contribution in [1.82, 2.24) is 0 Å². The van der Waals surface area contributed by atoms with Crippen LogP contribution in [-0.4, -0.2) is 24.9 Å². The van der Waals surface area contributed by atoms with Gasteiger partial charge < -0.3 is 9.64 Å². The molecular formula is C24H23NO3. The van der Waals surface area contributed by atoms with E-state index in [0.717, 1.165) is 11.3 Å². The van der Waals surface area contributed by atoms with Crippen molar-refractivity contribution in [3.63, 3.8) is 0 Å². The molecule has 0 fully saturated rings. The molecule has 4 nitrogen and oxygen atoms in total. The standard InChI is InChI=1S/C24H23NO3/c1-2-28-23(26)18-25(22-14-7-4-8-15-22)17-19-10-9-13-21(16-19)24(27)20-11-5-3-6-12-20/h3-16H,2,17-18H2,1H3. The molecule has 0 bridgehead atoms. The molecule has 0 saturated heterocycles. The van der Waals surface area contributed by atoms with Gasteiger partial charge in [0.2, 0.25) is 0 Å². The van der Waals surface area contributed by atoms with Crippen molar-refractivity contribution in [2.24, 2.45) is 0 Å². The Morgan fingerprint density at radius 1 is 0.821 bits per heavy atom. The Labute approximate surface area is 165 Å². The number of ether oxygens (including phenoxy) is 1. The number of para-hydroxylation sites is 1. The quantitative estimate of drug-likeness (QED) is 0.431. The highest BCUT2D eigenvalue weighted by Gasteiger charge is 2.15. The first-order valence-corrected chi connectivity index (χ1v) is 9.31. The van der Waals surface area contributed by atoms with Gasteiger partial charge in [-0.3, -0.25) is 9.59 Å². The Balaban J connectivity index is 1.82. The predicted octanol–water partition coefficient (Wildman–Crippen LogP) is 4.49. The molecular weight excluding hydrogens is 350 g/mol. The van der Waals surface area contributed by atoms with E-state index in [1.807, 2.05) is 89.8 Å². The highest BCUT2D eigenvalue weighted by Crippen LogP contribution is 2.19. The van der Waals surface area contributed by atoms with E-state index >= 15 is 0 Å². The van der Waals surface area contributed by atoms with Crippen molar-refractivity contribution in [1.29, 1.82) is 0 Å². The number of ketones is 1. The minimum atomic E-state index is -0.275. The lowest BCUT2D eigenvalue weighted by Crippen LogP contribution is -2.30. The molecule has 0 heterocycles. The molecule has 0 aromatic heterocycles. The van der Waals surface area contributed by atoms with Crippen LogP contribution in [0.25, 0.3) is 0 Å². The van der Waals surface area contributed by atoms with Gasteiger partial charge >= 0.3 is 5.97 Å². The molecule has 142 valence electrons. The van der Waals surface area contributed by atoms with Crippen LogP contribution < -0.4 is 4.90 Å². The van der Waals surface area contributed by atoms with E-state index < -0.39 is 0 Å². The Morgan fingerprint density at radius 3 is 2.14 bits per heavy atom. The highest BCUT2D eigenvalue weighted by molar-refractivity contribution is 6.09. The summed E-state index contributed by atoms with van der Waals surface area (Å²) in [6, 6.07) is 26.5. The van der Waals surface area contributed by atoms with Gasteiger partial charge in [0.25, 0.3) is 0 Å². The first kappa shape index (κ1) is 19.4. The second-order valence-electron chi connectivity index (χ2n) is 6.39. The lowest BCUT2D eigenvalue weighted by molar-refractivity contribution is -0.141. The summed E-state index contributed by atoms with van der Waals surface area (Å²) >= 11 is 0. The van der Waals surface area contributed by atoms with E-state index in [4.69, 9.17) is 4.74 Å². The van der Waals surface area contributed by atoms with Crippen LogP contribution in [-0.2, 0) is 16.1 Å². The summed E-state index contributed by atoms with van der Waals surface area (Å²) in [6.45, 7) is 2.79. The maximum Gasteiger partial charge on any atom is 0.325 e. The summed E-state index contributed by atoms with van der Waals surface area (Å²) < 4.78 is 5.12. The van der Waals surface area contributed by atoms with Crippen LogP contribution in [0.1, 0.15) is 28.4 Å². The fourth-order valence-electron chi connectivity index (χ4n) is 3.03. The van der Waals surface area contributed by atoms with Gasteiger partial charge in [0.05, 0.1) is 6.61 Å². The van der Waals surface area contributed by atoms with E-state index in [1.165, 1.54) is 0 Å². The average molecular weight is 373 g/mol. The maximum absolute atomic E-state index is 12.7. The molecule has 0 unspecified atom stereocenters. The van der Waals surface area contributed by atoms with Crippen molar-refractivity contribution in [3.8, 4) is 0 Å². The summed E-state index contributed by atoms with van der Waals surface area (Å²) in [7, 11) is 0. The monoisotopic (exact) mass is 373 g/mol. The molecule has 3 rings (SSSR count). The maximum atomic E-state index is 12.7. The number of nitrogens with zero attached hydrogens (tertiary/aromatic N) is 1. The minimum absolute atomic E-state index is 0.0147. The molecule has 0 amide bonds. The van der Waals surface area contributed by atoms with Gasteiger partial charge in [-0.1, -0.05) is 66.7 Å². The summed E-state index contributed by atoms with van der Waals surface area (Å²) in [5.74, 6) is -0.290. The molecule has 0 aliphatic rings. The Kier molecular flexibility index (Phi) is 6.58. The Morgan fingerprint density at radius 2 is 1.46 bits per heavy atom. The summed E-state index contributed by atoms with van der Waals surface area (Å²) in [5.41, 5.74) is 3.17. The Hall–Kier alpha value is -3.40. The topological polar surface area (TPSA) is 46.6 Å². The summed E-state index contributed by atoms with van der Waals surface area (Å²) in [5, 5.41) is 0. The van der Waals surface area contributed by atoms with Crippen LogP contribution >= 0.6 is 0 Å². The van der Waals surface area contributed by atoms with Crippen LogP contribution in [0.5, 0.6) is 0 Å². The van der Waals surface area contributed by atoms with Crippen LogP contribution in [0.4, 0.5) is 5.69 Å². The molecule has 0 spiro atoms. The van der Waals surface area contributed by atoms with E-state index in [2.05, 4.69) is 0 Å². The van der Waals surface area contributed by atoms with E-state index in [9.17, 15) is 9.59 Å². The molecule has 0 saturated carbocycles. The predicted molar refractivity (Wildman–Crippen MR) is 110 cm³/mol. The highest BCUT2D eigenvalue weighted by atomic mass is 16.5. The molecule has 0 aliphatic carbocycles. The van der Waals surface area contributed by atoms with Gasteiger partial charge in [-0.25, -0.2) is 0 Å². The molecule has 0 aliphatic heterocycles. The zero-order valence-electron chi connectivity index (χ0n) is 15.9. The number of hydrogen-bond acceptors (Lipinski definition) is 4. The fraction of sp³-hybridized carbons (Fsp3) is 0.167. The second-order valence-corrected chi connectivity index (χ2v) is 6.39. The van der Waals surface area contributed by atoms with E-state index in [1.54, 1.807) is 6.92 Å². The van der Waals surface area contributed by atoms with Crippen LogP contribution in [0, 0.1) is 0 Å². The minimum Gasteiger partial charge on any atom is -0.465 e. The van der Waals surface area contributed by atoms with E-state index in [0.29, 0.717) is 24.3 Å². The smallest absolute Gasteiger partial charge is 0.325 e. The van der Waals surface area contributed by atoms with Gasteiger partial charge in [0.1, 0.15) is 6.54 Å². The van der Waals surface area contributed by atoms with Crippen LogP contribution in [0.3, 0.4) is 0 Å². The van der Waals surface area contributed by atoms with E-state index in [-0.39, 0.29) is 18.3 Å². The van der Waals surface area contributed by atoms with Crippen LogP contribution in [0.15, 0.2) is 84.9 Å². The second kappa shape index (κ2) is 9.51. The van der Waals surface area contributed by atoms with Gasteiger partial charge in [-0.2, -0.15) is 0 Å². The number of esters is 1. The van der Waals surface area contributed by atoms with Gasteiger partial charge in [-0.15, -0.1) is 0 Å². The third-order valence-electron chi connectivity index (χ3n) is 4.35. The normalized spacial score (nSPS) is 10.3. The number of carbonyl (C=O) groups is 2. The third kappa shape index (κ3) is 5.07. The molecule has 3 aromatic rings. The molecule has 4 heteroatoms. The molecule has 0 atom stereocenters. The molecule has 3 aromatic carbocycles. The van der Waals surface area contributed by atoms with Crippen molar-refractivity contribution in [2.75, 3.05) is 18.1 Å². The molecule has 28 heavy (non-hydrogen) atoms. The lowest BCUT2D eigenvalue weighted by atomic mass is 10.0. The van der Waals surface area contributed by atoms with Crippen molar-refractivity contribution >= 4 is 17.4 Å². The van der Waals surface area contributed by atoms with Gasteiger partial charge in [-0.05, 0) is 30.7 Å². The largest absolute Gasteiger partial charge is 0.465 e. The first-order chi connectivity index (χ1) is 13.7. The summed E-state index contributed by atoms with van der Waals surface area (Å²) in [6.07, 6.45) is 0. The fourth-order valence-corrected chi connectivity index (χ4v) is 3.03. The van der Waals surface area contributed by atoms with Crippen molar-refractivity contribution in [2.45, 2.75) is 13.5 Å². The zero-order chi connectivity index (χ0) is 19.8.